The van der Waals surface area contributed by atoms with Crippen LogP contribution in [0.5, 0.6) is 5.88 Å². The van der Waals surface area contributed by atoms with Crippen LogP contribution in [0, 0.1) is 5.82 Å². The Kier molecular flexibility index (Phi) is 7.02. The number of amidine groups is 1. The molecule has 0 saturated heterocycles. The van der Waals surface area contributed by atoms with E-state index < -0.39 is 49.5 Å². The van der Waals surface area contributed by atoms with E-state index in [4.69, 9.17) is 19.7 Å². The summed E-state index contributed by atoms with van der Waals surface area (Å²) < 4.78 is 88.6. The van der Waals surface area contributed by atoms with Gasteiger partial charge in [-0.3, -0.25) is 4.99 Å². The Balaban J connectivity index is 1.65. The molecule has 1 aliphatic heterocycles. The van der Waals surface area contributed by atoms with Gasteiger partial charge in [-0.05, 0) is 51.8 Å². The van der Waals surface area contributed by atoms with E-state index in [0.29, 0.717) is 18.5 Å². The van der Waals surface area contributed by atoms with Crippen molar-refractivity contribution in [3.05, 3.63) is 48.0 Å². The van der Waals surface area contributed by atoms with E-state index in [1.807, 2.05) is 0 Å². The summed E-state index contributed by atoms with van der Waals surface area (Å²) in [5, 5.41) is 3.96. The first kappa shape index (κ1) is 29.4. The molecule has 16 heteroatoms. The molecule has 1 saturated carbocycles. The van der Waals surface area contributed by atoms with E-state index in [1.54, 1.807) is 0 Å². The first-order valence-electron chi connectivity index (χ1n) is 12.6. The summed E-state index contributed by atoms with van der Waals surface area (Å²) in [6.45, 7) is 3.98. The van der Waals surface area contributed by atoms with Crippen LogP contribution in [-0.2, 0) is 24.8 Å². The molecule has 3 heterocycles. The SMILES string of the molecule is COc1cnc(-c2cc(-c3ccc(F)c([C@@]4(C)N=C(N)C(C)(C)[S@@](=O)(=NC5CC5)C4OC(=O)C(F)(F)F)c3)on2)cn1. The van der Waals surface area contributed by atoms with Crippen LogP contribution in [0.15, 0.2) is 50.5 Å². The standard InChI is InChI=1S/C26H26F4N6O5S/c1-24(2)21(31)34-25(3,23(40-22(37)26(28,29)30)42(24,38)36-14-6-7-14)15-9-13(5-8-16(15)27)19-10-17(35-41-19)18-11-33-20(39-4)12-32-18/h5,8-12,14,23H,6-7H2,1-4H3,(H2,31,34)/t23?,25-,42-/m1/s1. The highest BCUT2D eigenvalue weighted by atomic mass is 32.2. The van der Waals surface area contributed by atoms with E-state index in [0.717, 1.165) is 6.07 Å². The molecular weight excluding hydrogens is 584 g/mol. The van der Waals surface area contributed by atoms with Gasteiger partial charge in [0, 0.05) is 17.2 Å². The highest BCUT2D eigenvalue weighted by molar-refractivity contribution is 7.96. The normalized spacial score (nSPS) is 25.4. The van der Waals surface area contributed by atoms with Crippen LogP contribution in [0.25, 0.3) is 22.7 Å². The quantitative estimate of drug-likeness (QED) is 0.316. The molecule has 5 rings (SSSR count). The fourth-order valence-corrected chi connectivity index (χ4v) is 7.37. The van der Waals surface area contributed by atoms with E-state index >= 15 is 4.39 Å². The second kappa shape index (κ2) is 10.0. The van der Waals surface area contributed by atoms with E-state index in [9.17, 15) is 22.2 Å². The molecule has 3 aromatic rings. The number of hydrogen-bond donors (Lipinski definition) is 1. The summed E-state index contributed by atoms with van der Waals surface area (Å²) in [6.07, 6.45) is -1.58. The van der Waals surface area contributed by atoms with Crippen molar-refractivity contribution in [3.63, 3.8) is 0 Å². The molecule has 1 aliphatic carbocycles. The number of nitrogens with zero attached hydrogens (tertiary/aromatic N) is 5. The lowest BCUT2D eigenvalue weighted by Gasteiger charge is -2.45. The monoisotopic (exact) mass is 610 g/mol. The Morgan fingerprint density at radius 3 is 2.45 bits per heavy atom. The number of methoxy groups -OCH3 is 1. The number of halogens is 4. The lowest BCUT2D eigenvalue weighted by molar-refractivity contribution is -0.203. The fourth-order valence-electron chi connectivity index (χ4n) is 4.44. The van der Waals surface area contributed by atoms with Crippen molar-refractivity contribution >= 4 is 21.5 Å². The highest BCUT2D eigenvalue weighted by Gasteiger charge is 2.60. The topological polar surface area (TPSA) is 155 Å². The third-order valence-corrected chi connectivity index (χ3v) is 10.6. The number of hydrogen-bond acceptors (Lipinski definition) is 11. The van der Waals surface area contributed by atoms with Crippen LogP contribution in [0.3, 0.4) is 0 Å². The fraction of sp³-hybridized carbons (Fsp3) is 0.423. The number of aromatic nitrogens is 3. The summed E-state index contributed by atoms with van der Waals surface area (Å²) in [6, 6.07) is 4.65. The van der Waals surface area contributed by atoms with Gasteiger partial charge in [-0.1, -0.05) is 5.16 Å². The molecule has 1 fully saturated rings. The van der Waals surface area contributed by atoms with Crippen LogP contribution in [0.4, 0.5) is 17.6 Å². The van der Waals surface area contributed by atoms with Crippen LogP contribution in [0.2, 0.25) is 0 Å². The zero-order valence-electron chi connectivity index (χ0n) is 22.8. The number of alkyl halides is 3. The molecule has 0 radical (unpaired) electrons. The van der Waals surface area contributed by atoms with E-state index in [1.165, 1.54) is 58.5 Å². The number of esters is 1. The zero-order valence-corrected chi connectivity index (χ0v) is 23.6. The number of carbonyl (C=O) groups excluding carboxylic acids is 1. The highest BCUT2D eigenvalue weighted by Crippen LogP contribution is 2.47. The van der Waals surface area contributed by atoms with Gasteiger partial charge >= 0.3 is 12.1 Å². The van der Waals surface area contributed by atoms with Crippen molar-refractivity contribution in [2.45, 2.75) is 61.6 Å². The number of benzene rings is 1. The molecule has 2 aromatic heterocycles. The number of aliphatic imine (C=N–C) groups is 1. The molecule has 11 nitrogen and oxygen atoms in total. The molecule has 1 unspecified atom stereocenters. The molecule has 2 N–H and O–H groups in total. The second-order valence-corrected chi connectivity index (χ2v) is 13.3. The number of ether oxygens (including phenoxy) is 2. The van der Waals surface area contributed by atoms with Gasteiger partial charge in [0.25, 0.3) is 0 Å². The maximum absolute atomic E-state index is 15.6. The van der Waals surface area contributed by atoms with Crippen molar-refractivity contribution in [2.75, 3.05) is 7.11 Å². The Hall–Kier alpha value is -4.08. The second-order valence-electron chi connectivity index (χ2n) is 10.5. The average molecular weight is 611 g/mol. The van der Waals surface area contributed by atoms with E-state index in [-0.39, 0.29) is 34.3 Å². The molecule has 2 aliphatic rings. The summed E-state index contributed by atoms with van der Waals surface area (Å²) in [7, 11) is -2.51. The van der Waals surface area contributed by atoms with Gasteiger partial charge in [-0.2, -0.15) is 13.2 Å². The molecule has 1 aromatic carbocycles. The largest absolute Gasteiger partial charge is 0.490 e. The van der Waals surface area contributed by atoms with E-state index in [2.05, 4.69) is 24.5 Å². The van der Waals surface area contributed by atoms with Gasteiger partial charge in [0.2, 0.25) is 11.3 Å². The molecule has 224 valence electrons. The number of nitrogens with two attached hydrogens (primary N) is 1. The maximum atomic E-state index is 15.6. The third kappa shape index (κ3) is 4.97. The molecule has 0 spiro atoms. The van der Waals surface area contributed by atoms with Gasteiger partial charge < -0.3 is 19.7 Å². The van der Waals surface area contributed by atoms with Gasteiger partial charge in [0.15, 0.2) is 5.76 Å². The predicted octanol–water partition coefficient (Wildman–Crippen LogP) is 4.37. The van der Waals surface area contributed by atoms with Crippen molar-refractivity contribution in [2.24, 2.45) is 15.1 Å². The van der Waals surface area contributed by atoms with Crippen LogP contribution in [0.1, 0.15) is 39.2 Å². The zero-order chi connectivity index (χ0) is 30.7. The van der Waals surface area contributed by atoms with Gasteiger partial charge in [-0.25, -0.2) is 27.7 Å². The van der Waals surface area contributed by atoms with Crippen LogP contribution >= 0.6 is 0 Å². The minimum atomic E-state index is -5.43. The number of carbonyl (C=O) groups is 1. The number of rotatable bonds is 6. The Bertz CT molecular complexity index is 1690. The van der Waals surface area contributed by atoms with Crippen molar-refractivity contribution in [3.8, 4) is 28.6 Å². The molecule has 0 bridgehead atoms. The lowest BCUT2D eigenvalue weighted by Crippen LogP contribution is -2.61. The Morgan fingerprint density at radius 1 is 1.14 bits per heavy atom. The van der Waals surface area contributed by atoms with Gasteiger partial charge in [-0.15, -0.1) is 0 Å². The first-order chi connectivity index (χ1) is 19.6. The molecule has 0 amide bonds. The van der Waals surface area contributed by atoms with Crippen molar-refractivity contribution in [1.82, 2.24) is 15.1 Å². The maximum Gasteiger partial charge on any atom is 0.490 e. The Morgan fingerprint density at radius 2 is 1.86 bits per heavy atom. The minimum absolute atomic E-state index is 0.132. The average Bonchev–Trinajstić information content (AvgIpc) is 3.61. The summed E-state index contributed by atoms with van der Waals surface area (Å²) in [5.41, 5.74) is 2.42. The molecule has 42 heavy (non-hydrogen) atoms. The van der Waals surface area contributed by atoms with Crippen molar-refractivity contribution < 1.29 is 40.6 Å². The van der Waals surface area contributed by atoms with Gasteiger partial charge in [0.1, 0.15) is 43.1 Å². The third-order valence-electron chi connectivity index (χ3n) is 7.15. The smallest absolute Gasteiger partial charge is 0.480 e. The lowest BCUT2D eigenvalue weighted by atomic mass is 9.90. The van der Waals surface area contributed by atoms with Crippen LogP contribution < -0.4 is 10.5 Å². The Labute approximate surface area is 237 Å². The summed E-state index contributed by atoms with van der Waals surface area (Å²) in [5.74, 6) is -3.38. The minimum Gasteiger partial charge on any atom is -0.480 e. The van der Waals surface area contributed by atoms with Crippen molar-refractivity contribution in [1.29, 1.82) is 0 Å². The summed E-state index contributed by atoms with van der Waals surface area (Å²) in [4.78, 5) is 24.7. The summed E-state index contributed by atoms with van der Waals surface area (Å²) >= 11 is 0. The van der Waals surface area contributed by atoms with Gasteiger partial charge in [0.05, 0.1) is 25.5 Å². The first-order valence-corrected chi connectivity index (χ1v) is 14.2. The van der Waals surface area contributed by atoms with Crippen LogP contribution in [-0.4, -0.2) is 60.6 Å². The molecule has 3 atom stereocenters. The predicted molar refractivity (Wildman–Crippen MR) is 142 cm³/mol. The molecular formula is C26H26F4N6O5S.